The van der Waals surface area contributed by atoms with Crippen molar-refractivity contribution in [2.75, 3.05) is 5.32 Å². The highest BCUT2D eigenvalue weighted by Crippen LogP contribution is 2.30. The lowest BCUT2D eigenvalue weighted by Crippen LogP contribution is -2.12. The van der Waals surface area contributed by atoms with Gasteiger partial charge in [-0.15, -0.1) is 0 Å². The van der Waals surface area contributed by atoms with Crippen LogP contribution in [0.2, 0.25) is 0 Å². The zero-order chi connectivity index (χ0) is 20.3. The van der Waals surface area contributed by atoms with Crippen molar-refractivity contribution in [2.24, 2.45) is 0 Å². The number of hydrogen-bond acceptors (Lipinski definition) is 6. The van der Waals surface area contributed by atoms with Crippen molar-refractivity contribution in [2.45, 2.75) is 17.2 Å². The maximum absolute atomic E-state index is 12.7. The number of halogens is 2. The molecule has 1 N–H and O–H groups in total. The molecule has 1 aromatic heterocycles. The molecule has 0 bridgehead atoms. The lowest BCUT2D eigenvalue weighted by Gasteiger charge is -2.12. The predicted octanol–water partition coefficient (Wildman–Crippen LogP) is 3.39. The van der Waals surface area contributed by atoms with Gasteiger partial charge in [0.05, 0.1) is 15.5 Å². The highest BCUT2D eigenvalue weighted by atomic mass is 32.2. The summed E-state index contributed by atoms with van der Waals surface area (Å²) in [5, 5.41) is 18.3. The Kier molecular flexibility index (Phi) is 5.36. The van der Waals surface area contributed by atoms with Crippen LogP contribution >= 0.6 is 0 Å². The largest absolute Gasteiger partial charge is 0.375 e. The van der Waals surface area contributed by atoms with Crippen LogP contribution in [0.15, 0.2) is 65.8 Å². The van der Waals surface area contributed by atoms with E-state index in [1.807, 2.05) is 12.1 Å². The third-order valence-electron chi connectivity index (χ3n) is 3.94. The second kappa shape index (κ2) is 7.72. The number of aromatic nitrogens is 2. The topological polar surface area (TPSA) is 107 Å². The van der Waals surface area contributed by atoms with Gasteiger partial charge in [0.2, 0.25) is 9.84 Å². The molecule has 3 aromatic rings. The third-order valence-corrected chi connectivity index (χ3v) is 5.32. The number of alkyl halides is 2. The number of rotatable bonds is 7. The molecule has 0 amide bonds. The Bertz CT molecular complexity index is 1100. The molecular weight excluding hydrogens is 394 g/mol. The van der Waals surface area contributed by atoms with Crippen LogP contribution in [0.4, 0.5) is 20.2 Å². The first-order valence-electron chi connectivity index (χ1n) is 7.93. The number of anilines is 1. The lowest BCUT2D eigenvalue weighted by molar-refractivity contribution is -0.384. The van der Waals surface area contributed by atoms with Gasteiger partial charge in [0.15, 0.2) is 0 Å². The quantitative estimate of drug-likeness (QED) is 0.474. The summed E-state index contributed by atoms with van der Waals surface area (Å²) < 4.78 is 50.2. The van der Waals surface area contributed by atoms with Crippen LogP contribution in [-0.4, -0.2) is 28.9 Å². The van der Waals surface area contributed by atoms with E-state index in [1.165, 1.54) is 0 Å². The smallest absolute Gasteiger partial charge is 0.341 e. The summed E-state index contributed by atoms with van der Waals surface area (Å²) in [4.78, 5) is 9.67. The summed E-state index contributed by atoms with van der Waals surface area (Å²) in [7, 11) is -4.93. The monoisotopic (exact) mass is 408 g/mol. The maximum Gasteiger partial charge on any atom is 0.341 e. The molecule has 28 heavy (non-hydrogen) atoms. The van der Waals surface area contributed by atoms with Gasteiger partial charge in [0, 0.05) is 25.0 Å². The van der Waals surface area contributed by atoms with E-state index in [9.17, 15) is 27.3 Å². The maximum atomic E-state index is 12.7. The Labute approximate surface area is 158 Å². The third kappa shape index (κ3) is 3.83. The fourth-order valence-electron chi connectivity index (χ4n) is 2.58. The van der Waals surface area contributed by atoms with Crippen molar-refractivity contribution >= 4 is 21.2 Å². The molecule has 146 valence electrons. The Morgan fingerprint density at radius 3 is 2.57 bits per heavy atom. The van der Waals surface area contributed by atoms with Crippen LogP contribution < -0.4 is 5.32 Å². The van der Waals surface area contributed by atoms with E-state index < -0.39 is 31.1 Å². The van der Waals surface area contributed by atoms with Gasteiger partial charge in [0.1, 0.15) is 5.69 Å². The molecule has 0 spiro atoms. The molecule has 0 saturated heterocycles. The minimum atomic E-state index is -4.93. The van der Waals surface area contributed by atoms with Crippen molar-refractivity contribution in [3.05, 3.63) is 76.6 Å². The summed E-state index contributed by atoms with van der Waals surface area (Å²) in [5.74, 6) is -3.66. The summed E-state index contributed by atoms with van der Waals surface area (Å²) in [6.07, 6.45) is 3.35. The molecule has 0 aliphatic carbocycles. The first-order chi connectivity index (χ1) is 13.3. The number of nitrogens with zero attached hydrogens (tertiary/aromatic N) is 3. The van der Waals surface area contributed by atoms with Gasteiger partial charge >= 0.3 is 5.76 Å². The molecule has 0 fully saturated rings. The number of sulfone groups is 1. The van der Waals surface area contributed by atoms with Gasteiger partial charge in [0.25, 0.3) is 5.69 Å². The predicted molar refractivity (Wildman–Crippen MR) is 97.2 cm³/mol. The number of nitro groups is 1. The van der Waals surface area contributed by atoms with E-state index in [2.05, 4.69) is 10.4 Å². The normalized spacial score (nSPS) is 11.5. The molecular formula is C17H14F2N4O4S. The van der Waals surface area contributed by atoms with Crippen LogP contribution in [0.3, 0.4) is 0 Å². The SMILES string of the molecule is O=[N+]([O-])c1cc(S(=O)(=O)C(F)F)ccc1NCc1ccccc1-n1cccn1. The van der Waals surface area contributed by atoms with E-state index in [1.54, 1.807) is 35.3 Å². The molecule has 2 aromatic carbocycles. The van der Waals surface area contributed by atoms with E-state index in [-0.39, 0.29) is 12.2 Å². The number of hydrogen-bond donors (Lipinski definition) is 1. The Morgan fingerprint density at radius 1 is 1.18 bits per heavy atom. The summed E-state index contributed by atoms with van der Waals surface area (Å²) >= 11 is 0. The van der Waals surface area contributed by atoms with Crippen LogP contribution in [0.5, 0.6) is 0 Å². The number of nitrogens with one attached hydrogen (secondary N) is 1. The molecule has 11 heteroatoms. The number of nitro benzene ring substituents is 1. The van der Waals surface area contributed by atoms with Gasteiger partial charge in [-0.05, 0) is 29.8 Å². The molecule has 0 aliphatic rings. The van der Waals surface area contributed by atoms with Gasteiger partial charge in [-0.2, -0.15) is 13.9 Å². The van der Waals surface area contributed by atoms with Gasteiger partial charge in [-0.25, -0.2) is 13.1 Å². The van der Waals surface area contributed by atoms with Crippen molar-refractivity contribution in [3.8, 4) is 5.69 Å². The second-order valence-corrected chi connectivity index (χ2v) is 7.59. The Balaban J connectivity index is 1.91. The standard InChI is InChI=1S/C17H14F2N4O4S/c18-17(19)28(26,27)13-6-7-14(16(10-13)23(24)25)20-11-12-4-1-2-5-15(12)22-9-3-8-21-22/h1-10,17,20H,11H2. The molecule has 0 unspecified atom stereocenters. The number of para-hydroxylation sites is 1. The molecule has 3 rings (SSSR count). The van der Waals surface area contributed by atoms with E-state index >= 15 is 0 Å². The average Bonchev–Trinajstić information content (AvgIpc) is 3.20. The Morgan fingerprint density at radius 2 is 1.93 bits per heavy atom. The minimum absolute atomic E-state index is 0.00786. The van der Waals surface area contributed by atoms with Crippen molar-refractivity contribution in [1.82, 2.24) is 9.78 Å². The molecule has 0 saturated carbocycles. The minimum Gasteiger partial charge on any atom is -0.375 e. The highest BCUT2D eigenvalue weighted by Gasteiger charge is 2.29. The molecule has 0 atom stereocenters. The summed E-state index contributed by atoms with van der Waals surface area (Å²) in [5.41, 5.74) is 0.913. The van der Waals surface area contributed by atoms with E-state index in [4.69, 9.17) is 0 Å². The lowest BCUT2D eigenvalue weighted by atomic mass is 10.1. The van der Waals surface area contributed by atoms with Crippen LogP contribution in [0.25, 0.3) is 5.69 Å². The van der Waals surface area contributed by atoms with E-state index in [0.29, 0.717) is 6.07 Å². The van der Waals surface area contributed by atoms with Crippen molar-refractivity contribution in [3.63, 3.8) is 0 Å². The molecule has 0 radical (unpaired) electrons. The first-order valence-corrected chi connectivity index (χ1v) is 9.47. The van der Waals surface area contributed by atoms with Crippen LogP contribution in [0, 0.1) is 10.1 Å². The van der Waals surface area contributed by atoms with Crippen LogP contribution in [-0.2, 0) is 16.4 Å². The summed E-state index contributed by atoms with van der Waals surface area (Å²) in [6, 6.07) is 11.6. The summed E-state index contributed by atoms with van der Waals surface area (Å²) in [6.45, 7) is 0.165. The zero-order valence-corrected chi connectivity index (χ0v) is 15.0. The molecule has 0 aliphatic heterocycles. The molecule has 1 heterocycles. The Hall–Kier alpha value is -3.34. The first kappa shape index (κ1) is 19.4. The second-order valence-electron chi connectivity index (χ2n) is 5.67. The number of benzene rings is 2. The van der Waals surface area contributed by atoms with Gasteiger partial charge in [-0.1, -0.05) is 18.2 Å². The van der Waals surface area contributed by atoms with Crippen molar-refractivity contribution in [1.29, 1.82) is 0 Å². The zero-order valence-electron chi connectivity index (χ0n) is 14.2. The van der Waals surface area contributed by atoms with Gasteiger partial charge in [-0.3, -0.25) is 10.1 Å². The molecule has 8 nitrogen and oxygen atoms in total. The fraction of sp³-hybridized carbons (Fsp3) is 0.118. The van der Waals surface area contributed by atoms with Crippen LogP contribution in [0.1, 0.15) is 5.56 Å². The fourth-order valence-corrected chi connectivity index (χ4v) is 3.32. The van der Waals surface area contributed by atoms with Gasteiger partial charge < -0.3 is 5.32 Å². The highest BCUT2D eigenvalue weighted by molar-refractivity contribution is 7.91. The van der Waals surface area contributed by atoms with Crippen molar-refractivity contribution < 1.29 is 22.1 Å². The van der Waals surface area contributed by atoms with E-state index in [0.717, 1.165) is 23.4 Å². The average molecular weight is 408 g/mol.